The van der Waals surface area contributed by atoms with E-state index in [1.54, 1.807) is 54.6 Å². The Morgan fingerprint density at radius 1 is 0.821 bits per heavy atom. The minimum atomic E-state index is -4.07. The molecule has 208 valence electrons. The van der Waals surface area contributed by atoms with Gasteiger partial charge in [-0.1, -0.05) is 79.6 Å². The lowest BCUT2D eigenvalue weighted by Gasteiger charge is -2.33. The van der Waals surface area contributed by atoms with Gasteiger partial charge in [0, 0.05) is 12.6 Å². The number of nitrogens with one attached hydrogen (secondary N) is 1. The Labute approximate surface area is 232 Å². The zero-order valence-corrected chi connectivity index (χ0v) is 24.2. The number of carbonyl (C=O) groups excluding carboxylic acids is 2. The van der Waals surface area contributed by atoms with E-state index >= 15 is 0 Å². The topological polar surface area (TPSA) is 86.8 Å². The molecular weight excluding hydrogens is 510 g/mol. The second-order valence-electron chi connectivity index (χ2n) is 9.91. The maximum absolute atomic E-state index is 14.0. The summed E-state index contributed by atoms with van der Waals surface area (Å²) in [5, 5.41) is 2.99. The SMILES string of the molecule is CC[C@@H](C)NC(=O)[C@@H](CC)N(Cc1ccc(C)cc1)C(=O)CN(c1ccccc1)S(=O)(=O)c1ccc(C)cc1. The van der Waals surface area contributed by atoms with Crippen molar-refractivity contribution in [3.05, 3.63) is 95.6 Å². The molecule has 0 unspecified atom stereocenters. The van der Waals surface area contributed by atoms with Gasteiger partial charge in [0.25, 0.3) is 10.0 Å². The Morgan fingerprint density at radius 3 is 1.92 bits per heavy atom. The fourth-order valence-electron chi connectivity index (χ4n) is 4.21. The first-order chi connectivity index (χ1) is 18.6. The number of carbonyl (C=O) groups is 2. The highest BCUT2D eigenvalue weighted by atomic mass is 32.2. The van der Waals surface area contributed by atoms with Crippen LogP contribution in [0, 0.1) is 13.8 Å². The maximum atomic E-state index is 14.0. The van der Waals surface area contributed by atoms with E-state index in [0.29, 0.717) is 12.1 Å². The molecule has 0 radical (unpaired) electrons. The van der Waals surface area contributed by atoms with Gasteiger partial charge >= 0.3 is 0 Å². The summed E-state index contributed by atoms with van der Waals surface area (Å²) in [5.74, 6) is -0.707. The zero-order chi connectivity index (χ0) is 28.6. The molecule has 0 bridgehead atoms. The molecule has 7 nitrogen and oxygen atoms in total. The molecule has 0 aromatic heterocycles. The van der Waals surface area contributed by atoms with Gasteiger partial charge in [-0.15, -0.1) is 0 Å². The Kier molecular flexibility index (Phi) is 10.3. The number of anilines is 1. The Bertz CT molecular complexity index is 1340. The van der Waals surface area contributed by atoms with Crippen LogP contribution in [-0.4, -0.2) is 43.8 Å². The molecule has 39 heavy (non-hydrogen) atoms. The normalized spacial score (nSPS) is 12.8. The van der Waals surface area contributed by atoms with E-state index in [1.807, 2.05) is 58.9 Å². The minimum absolute atomic E-state index is 0.0504. The van der Waals surface area contributed by atoms with Crippen molar-refractivity contribution in [3.8, 4) is 0 Å². The summed E-state index contributed by atoms with van der Waals surface area (Å²) in [7, 11) is -4.07. The third-order valence-electron chi connectivity index (χ3n) is 6.79. The molecule has 8 heteroatoms. The summed E-state index contributed by atoms with van der Waals surface area (Å²) in [6.45, 7) is 9.35. The molecule has 0 aliphatic carbocycles. The molecule has 3 rings (SSSR count). The molecule has 2 atom stereocenters. The molecule has 3 aromatic carbocycles. The minimum Gasteiger partial charge on any atom is -0.352 e. The van der Waals surface area contributed by atoms with Crippen molar-refractivity contribution in [1.82, 2.24) is 10.2 Å². The third-order valence-corrected chi connectivity index (χ3v) is 8.58. The number of para-hydroxylation sites is 1. The number of benzene rings is 3. The van der Waals surface area contributed by atoms with Crippen LogP contribution < -0.4 is 9.62 Å². The number of aryl methyl sites for hydroxylation is 2. The number of sulfonamides is 1. The summed E-state index contributed by atoms with van der Waals surface area (Å²) >= 11 is 0. The lowest BCUT2D eigenvalue weighted by atomic mass is 10.1. The highest BCUT2D eigenvalue weighted by Crippen LogP contribution is 2.25. The van der Waals surface area contributed by atoms with Gasteiger partial charge in [0.05, 0.1) is 10.6 Å². The van der Waals surface area contributed by atoms with E-state index in [1.165, 1.54) is 4.90 Å². The number of hydrogen-bond acceptors (Lipinski definition) is 4. The maximum Gasteiger partial charge on any atom is 0.264 e. The van der Waals surface area contributed by atoms with Gasteiger partial charge in [-0.05, 0) is 63.4 Å². The van der Waals surface area contributed by atoms with E-state index in [0.717, 1.165) is 27.4 Å². The standard InChI is InChI=1S/C31H39N3O4S/c1-6-25(5)32-31(36)29(7-2)33(21-26-17-13-23(3)14-18-26)30(35)22-34(27-11-9-8-10-12-27)39(37,38)28-19-15-24(4)16-20-28/h8-20,25,29H,6-7,21-22H2,1-5H3,(H,32,36)/t25-,29-/m1/s1. The molecular formula is C31H39N3O4S. The molecule has 2 amide bonds. The summed E-state index contributed by atoms with van der Waals surface area (Å²) in [6.07, 6.45) is 1.14. The van der Waals surface area contributed by atoms with Crippen LogP contribution in [-0.2, 0) is 26.2 Å². The van der Waals surface area contributed by atoms with Crippen molar-refractivity contribution in [2.75, 3.05) is 10.8 Å². The summed E-state index contributed by atoms with van der Waals surface area (Å²) in [4.78, 5) is 28.9. The second kappa shape index (κ2) is 13.4. The van der Waals surface area contributed by atoms with Crippen molar-refractivity contribution in [2.24, 2.45) is 0 Å². The highest BCUT2D eigenvalue weighted by Gasteiger charge is 2.33. The summed E-state index contributed by atoms with van der Waals surface area (Å²) in [6, 6.07) is 22.1. The molecule has 0 heterocycles. The zero-order valence-electron chi connectivity index (χ0n) is 23.4. The molecule has 3 aromatic rings. The van der Waals surface area contributed by atoms with Gasteiger partial charge in [-0.25, -0.2) is 8.42 Å². The summed E-state index contributed by atoms with van der Waals surface area (Å²) in [5.41, 5.74) is 3.24. The molecule has 0 spiro atoms. The molecule has 0 saturated heterocycles. The van der Waals surface area contributed by atoms with Crippen molar-refractivity contribution >= 4 is 27.5 Å². The molecule has 0 aliphatic heterocycles. The first kappa shape index (κ1) is 29.9. The van der Waals surface area contributed by atoms with Crippen LogP contribution in [0.3, 0.4) is 0 Å². The van der Waals surface area contributed by atoms with Crippen LogP contribution >= 0.6 is 0 Å². The average Bonchev–Trinajstić information content (AvgIpc) is 2.93. The lowest BCUT2D eigenvalue weighted by molar-refractivity contribution is -0.140. The van der Waals surface area contributed by atoms with Gasteiger partial charge in [0.2, 0.25) is 11.8 Å². The van der Waals surface area contributed by atoms with E-state index in [-0.39, 0.29) is 23.4 Å². The van der Waals surface area contributed by atoms with Gasteiger partial charge in [-0.2, -0.15) is 0 Å². The van der Waals surface area contributed by atoms with Crippen LogP contribution in [0.4, 0.5) is 5.69 Å². The lowest BCUT2D eigenvalue weighted by Crippen LogP contribution is -2.53. The summed E-state index contributed by atoms with van der Waals surface area (Å²) < 4.78 is 28.8. The van der Waals surface area contributed by atoms with Crippen molar-refractivity contribution in [1.29, 1.82) is 0 Å². The second-order valence-corrected chi connectivity index (χ2v) is 11.8. The Morgan fingerprint density at radius 2 is 1.38 bits per heavy atom. The first-order valence-electron chi connectivity index (χ1n) is 13.4. The molecule has 0 saturated carbocycles. The quantitative estimate of drug-likeness (QED) is 0.336. The largest absolute Gasteiger partial charge is 0.352 e. The van der Waals surface area contributed by atoms with Crippen LogP contribution in [0.2, 0.25) is 0 Å². The van der Waals surface area contributed by atoms with Gasteiger partial charge in [0.1, 0.15) is 12.6 Å². The van der Waals surface area contributed by atoms with E-state index in [9.17, 15) is 18.0 Å². The Balaban J connectivity index is 2.02. The molecule has 0 aliphatic rings. The van der Waals surface area contributed by atoms with Crippen LogP contribution in [0.5, 0.6) is 0 Å². The van der Waals surface area contributed by atoms with Gasteiger partial charge in [0.15, 0.2) is 0 Å². The average molecular weight is 550 g/mol. The van der Waals surface area contributed by atoms with Crippen LogP contribution in [0.15, 0.2) is 83.8 Å². The number of amides is 2. The van der Waals surface area contributed by atoms with Crippen molar-refractivity contribution < 1.29 is 18.0 Å². The smallest absolute Gasteiger partial charge is 0.264 e. The Hall–Kier alpha value is -3.65. The monoisotopic (exact) mass is 549 g/mol. The predicted molar refractivity (Wildman–Crippen MR) is 156 cm³/mol. The highest BCUT2D eigenvalue weighted by molar-refractivity contribution is 7.92. The molecule has 1 N–H and O–H groups in total. The number of rotatable bonds is 12. The number of hydrogen-bond donors (Lipinski definition) is 1. The molecule has 0 fully saturated rings. The van der Waals surface area contributed by atoms with Crippen molar-refractivity contribution in [3.63, 3.8) is 0 Å². The van der Waals surface area contributed by atoms with E-state index in [4.69, 9.17) is 0 Å². The fourth-order valence-corrected chi connectivity index (χ4v) is 5.63. The van der Waals surface area contributed by atoms with Crippen molar-refractivity contribution in [2.45, 2.75) is 71.0 Å². The van der Waals surface area contributed by atoms with Gasteiger partial charge < -0.3 is 10.2 Å². The van der Waals surface area contributed by atoms with Gasteiger partial charge in [-0.3, -0.25) is 13.9 Å². The predicted octanol–water partition coefficient (Wildman–Crippen LogP) is 5.22. The fraction of sp³-hybridized carbons (Fsp3) is 0.355. The van der Waals surface area contributed by atoms with E-state index < -0.39 is 28.5 Å². The number of nitrogens with zero attached hydrogens (tertiary/aromatic N) is 2. The third kappa shape index (κ3) is 7.69. The first-order valence-corrected chi connectivity index (χ1v) is 14.8. The van der Waals surface area contributed by atoms with Crippen LogP contribution in [0.25, 0.3) is 0 Å². The van der Waals surface area contributed by atoms with Crippen LogP contribution in [0.1, 0.15) is 50.3 Å². The van der Waals surface area contributed by atoms with E-state index in [2.05, 4.69) is 5.32 Å².